The van der Waals surface area contributed by atoms with Crippen LogP contribution in [0.15, 0.2) is 30.7 Å². The van der Waals surface area contributed by atoms with Crippen LogP contribution in [0, 0.1) is 5.92 Å². The molecular formula is C12H13N5O. The van der Waals surface area contributed by atoms with Crippen LogP contribution < -0.4 is 5.32 Å². The van der Waals surface area contributed by atoms with Crippen molar-refractivity contribution in [3.8, 4) is 5.69 Å². The monoisotopic (exact) mass is 243 g/mol. The Morgan fingerprint density at radius 2 is 2.17 bits per heavy atom. The van der Waals surface area contributed by atoms with Gasteiger partial charge in [-0.1, -0.05) is 5.21 Å². The molecule has 3 rings (SSSR count). The molecule has 1 aliphatic rings. The minimum Gasteiger partial charge on any atom is -0.350 e. The van der Waals surface area contributed by atoms with Crippen molar-refractivity contribution >= 4 is 5.91 Å². The summed E-state index contributed by atoms with van der Waals surface area (Å²) in [4.78, 5) is 15.4. The first-order valence-corrected chi connectivity index (χ1v) is 5.92. The SMILES string of the molecule is O=C(NCc1cn(-c2ccncc2)nn1)C1CC1. The molecule has 1 saturated carbocycles. The third-order valence-corrected chi connectivity index (χ3v) is 2.86. The Bertz CT molecular complexity index is 547. The Labute approximate surface area is 104 Å². The molecule has 6 nitrogen and oxygen atoms in total. The number of rotatable bonds is 4. The van der Waals surface area contributed by atoms with Crippen molar-refractivity contribution in [1.29, 1.82) is 0 Å². The number of hydrogen-bond donors (Lipinski definition) is 1. The van der Waals surface area contributed by atoms with Gasteiger partial charge in [0.15, 0.2) is 0 Å². The van der Waals surface area contributed by atoms with Gasteiger partial charge in [-0.2, -0.15) is 0 Å². The summed E-state index contributed by atoms with van der Waals surface area (Å²) in [7, 11) is 0. The van der Waals surface area contributed by atoms with Crippen molar-refractivity contribution in [1.82, 2.24) is 25.3 Å². The fraction of sp³-hybridized carbons (Fsp3) is 0.333. The molecule has 0 radical (unpaired) electrons. The van der Waals surface area contributed by atoms with Gasteiger partial charge in [0.05, 0.1) is 18.4 Å². The Balaban J connectivity index is 1.64. The second-order valence-corrected chi connectivity index (χ2v) is 4.35. The quantitative estimate of drug-likeness (QED) is 0.857. The van der Waals surface area contributed by atoms with Crippen LogP contribution >= 0.6 is 0 Å². The van der Waals surface area contributed by atoms with Crippen LogP contribution in [-0.4, -0.2) is 25.9 Å². The first-order valence-electron chi connectivity index (χ1n) is 5.92. The number of pyridine rings is 1. The molecule has 2 aromatic heterocycles. The Hall–Kier alpha value is -2.24. The summed E-state index contributed by atoms with van der Waals surface area (Å²) in [6, 6.07) is 3.70. The van der Waals surface area contributed by atoms with Crippen LogP contribution in [0.5, 0.6) is 0 Å². The zero-order valence-corrected chi connectivity index (χ0v) is 9.78. The Kier molecular flexibility index (Phi) is 2.76. The molecule has 92 valence electrons. The minimum atomic E-state index is 0.119. The van der Waals surface area contributed by atoms with E-state index in [0.29, 0.717) is 6.54 Å². The molecule has 0 spiro atoms. The smallest absolute Gasteiger partial charge is 0.223 e. The molecule has 0 aliphatic heterocycles. The molecule has 0 saturated heterocycles. The average molecular weight is 243 g/mol. The summed E-state index contributed by atoms with van der Waals surface area (Å²) in [6.07, 6.45) is 7.23. The summed E-state index contributed by atoms with van der Waals surface area (Å²) in [5.74, 6) is 0.341. The lowest BCUT2D eigenvalue weighted by atomic mass is 10.3. The van der Waals surface area contributed by atoms with Gasteiger partial charge < -0.3 is 5.32 Å². The molecular weight excluding hydrogens is 230 g/mol. The highest BCUT2D eigenvalue weighted by Gasteiger charge is 2.29. The third-order valence-electron chi connectivity index (χ3n) is 2.86. The van der Waals surface area contributed by atoms with Crippen molar-refractivity contribution in [3.63, 3.8) is 0 Å². The van der Waals surface area contributed by atoms with Crippen LogP contribution in [0.3, 0.4) is 0 Å². The second-order valence-electron chi connectivity index (χ2n) is 4.35. The van der Waals surface area contributed by atoms with E-state index in [4.69, 9.17) is 0 Å². The number of hydrogen-bond acceptors (Lipinski definition) is 4. The predicted octanol–water partition coefficient (Wildman–Crippen LogP) is 0.688. The Morgan fingerprint density at radius 3 is 2.89 bits per heavy atom. The predicted molar refractivity (Wildman–Crippen MR) is 63.7 cm³/mol. The largest absolute Gasteiger partial charge is 0.350 e. The van der Waals surface area contributed by atoms with Crippen LogP contribution in [0.25, 0.3) is 5.69 Å². The molecule has 2 heterocycles. The van der Waals surface area contributed by atoms with Gasteiger partial charge in [0.25, 0.3) is 0 Å². The van der Waals surface area contributed by atoms with Gasteiger partial charge in [0, 0.05) is 18.3 Å². The Morgan fingerprint density at radius 1 is 1.39 bits per heavy atom. The molecule has 1 fully saturated rings. The van der Waals surface area contributed by atoms with Gasteiger partial charge >= 0.3 is 0 Å². The van der Waals surface area contributed by atoms with Crippen molar-refractivity contribution < 1.29 is 4.79 Å². The van der Waals surface area contributed by atoms with E-state index in [-0.39, 0.29) is 11.8 Å². The molecule has 0 atom stereocenters. The summed E-state index contributed by atoms with van der Waals surface area (Å²) >= 11 is 0. The molecule has 6 heteroatoms. The maximum absolute atomic E-state index is 11.5. The molecule has 0 bridgehead atoms. The van der Waals surface area contributed by atoms with E-state index in [1.807, 2.05) is 18.3 Å². The van der Waals surface area contributed by atoms with Gasteiger partial charge in [-0.15, -0.1) is 5.10 Å². The van der Waals surface area contributed by atoms with Crippen LogP contribution in [0.1, 0.15) is 18.5 Å². The minimum absolute atomic E-state index is 0.119. The number of aromatic nitrogens is 4. The highest BCUT2D eigenvalue weighted by molar-refractivity contribution is 5.80. The lowest BCUT2D eigenvalue weighted by molar-refractivity contribution is -0.122. The number of carbonyl (C=O) groups excluding carboxylic acids is 1. The maximum atomic E-state index is 11.5. The second kappa shape index (κ2) is 4.56. The van der Waals surface area contributed by atoms with E-state index in [9.17, 15) is 4.79 Å². The van der Waals surface area contributed by atoms with Crippen molar-refractivity contribution in [3.05, 3.63) is 36.4 Å². The van der Waals surface area contributed by atoms with Crippen molar-refractivity contribution in [2.45, 2.75) is 19.4 Å². The fourth-order valence-corrected chi connectivity index (χ4v) is 1.67. The highest BCUT2D eigenvalue weighted by atomic mass is 16.2. The van der Waals surface area contributed by atoms with Gasteiger partial charge in [-0.3, -0.25) is 9.78 Å². The fourth-order valence-electron chi connectivity index (χ4n) is 1.67. The molecule has 1 amide bonds. The van der Waals surface area contributed by atoms with Crippen LogP contribution in [0.2, 0.25) is 0 Å². The summed E-state index contributed by atoms with van der Waals surface area (Å²) in [6.45, 7) is 0.431. The summed E-state index contributed by atoms with van der Waals surface area (Å²) in [5, 5.41) is 10.9. The van der Waals surface area contributed by atoms with Gasteiger partial charge in [0.1, 0.15) is 5.69 Å². The molecule has 0 aromatic carbocycles. The van der Waals surface area contributed by atoms with Crippen LogP contribution in [0.4, 0.5) is 0 Å². The number of carbonyl (C=O) groups is 1. The first-order chi connectivity index (χ1) is 8.83. The summed E-state index contributed by atoms with van der Waals surface area (Å²) < 4.78 is 1.67. The summed E-state index contributed by atoms with van der Waals surface area (Å²) in [5.41, 5.74) is 1.65. The maximum Gasteiger partial charge on any atom is 0.223 e. The van der Waals surface area contributed by atoms with Crippen LogP contribution in [-0.2, 0) is 11.3 Å². The van der Waals surface area contributed by atoms with E-state index >= 15 is 0 Å². The normalized spacial score (nSPS) is 14.4. The third kappa shape index (κ3) is 2.37. The van der Waals surface area contributed by atoms with Gasteiger partial charge in [-0.25, -0.2) is 4.68 Å². The van der Waals surface area contributed by atoms with Gasteiger partial charge in [-0.05, 0) is 25.0 Å². The molecule has 0 unspecified atom stereocenters. The molecule has 1 N–H and O–H groups in total. The van der Waals surface area contributed by atoms with E-state index in [1.165, 1.54) is 0 Å². The average Bonchev–Trinajstić information content (AvgIpc) is 3.16. The standard InChI is InChI=1S/C12H13N5O/c18-12(9-1-2-9)14-7-10-8-17(16-15-10)11-3-5-13-6-4-11/h3-6,8-9H,1-2,7H2,(H,14,18). The van der Waals surface area contributed by atoms with Gasteiger partial charge in [0.2, 0.25) is 5.91 Å². The lowest BCUT2D eigenvalue weighted by Gasteiger charge is -2.00. The molecule has 2 aromatic rings. The topological polar surface area (TPSA) is 72.7 Å². The zero-order valence-electron chi connectivity index (χ0n) is 9.78. The van der Waals surface area contributed by atoms with E-state index in [0.717, 1.165) is 24.2 Å². The van der Waals surface area contributed by atoms with E-state index in [2.05, 4.69) is 20.6 Å². The number of nitrogens with zero attached hydrogens (tertiary/aromatic N) is 4. The van der Waals surface area contributed by atoms with E-state index < -0.39 is 0 Å². The van der Waals surface area contributed by atoms with E-state index in [1.54, 1.807) is 17.1 Å². The zero-order chi connectivity index (χ0) is 12.4. The highest BCUT2D eigenvalue weighted by Crippen LogP contribution is 2.28. The number of nitrogens with one attached hydrogen (secondary N) is 1. The van der Waals surface area contributed by atoms with Crippen molar-refractivity contribution in [2.75, 3.05) is 0 Å². The van der Waals surface area contributed by atoms with Crippen molar-refractivity contribution in [2.24, 2.45) is 5.92 Å². The first kappa shape index (κ1) is 10.9. The lowest BCUT2D eigenvalue weighted by Crippen LogP contribution is -2.24. The number of amides is 1. The molecule has 1 aliphatic carbocycles. The molecule has 18 heavy (non-hydrogen) atoms.